The minimum Gasteiger partial charge on any atom is -0.331 e. The number of carbonyl (C=O) groups is 1. The van der Waals surface area contributed by atoms with Gasteiger partial charge in [0.05, 0.1) is 17.9 Å². The second-order valence-electron chi connectivity index (χ2n) is 4.84. The molecule has 23 heavy (non-hydrogen) atoms. The molecule has 0 fully saturated rings. The molecule has 5 nitrogen and oxygen atoms in total. The fourth-order valence-corrected chi connectivity index (χ4v) is 1.90. The van der Waals surface area contributed by atoms with Gasteiger partial charge in [-0.05, 0) is 24.6 Å². The summed E-state index contributed by atoms with van der Waals surface area (Å²) in [5.74, 6) is -1.98. The average Bonchev–Trinajstić information content (AvgIpc) is 2.87. The van der Waals surface area contributed by atoms with Crippen LogP contribution in [0.2, 0.25) is 0 Å². The normalized spacial score (nSPS) is 12.3. The maximum Gasteiger partial charge on any atom is 0.319 e. The minimum absolute atomic E-state index is 0.237. The first-order valence-electron chi connectivity index (χ1n) is 6.68. The molecule has 0 aliphatic carbocycles. The molecule has 0 aliphatic rings. The van der Waals surface area contributed by atoms with E-state index in [9.17, 15) is 22.4 Å². The molecule has 0 radical (unpaired) electrons. The van der Waals surface area contributed by atoms with Crippen LogP contribution in [-0.4, -0.2) is 22.2 Å². The number of urea groups is 1. The fourth-order valence-electron chi connectivity index (χ4n) is 1.90. The Morgan fingerprint density at radius 2 is 2.04 bits per heavy atom. The van der Waals surface area contributed by atoms with Crippen molar-refractivity contribution < 1.29 is 22.4 Å². The molecule has 1 atom stereocenters. The van der Waals surface area contributed by atoms with Gasteiger partial charge in [-0.15, -0.1) is 0 Å². The van der Waals surface area contributed by atoms with Gasteiger partial charge < -0.3 is 10.6 Å². The largest absolute Gasteiger partial charge is 0.331 e. The van der Waals surface area contributed by atoms with Gasteiger partial charge in [0, 0.05) is 6.20 Å². The van der Waals surface area contributed by atoms with Gasteiger partial charge in [0.15, 0.2) is 11.6 Å². The number of nitrogens with zero attached hydrogens (tertiary/aromatic N) is 2. The van der Waals surface area contributed by atoms with Crippen LogP contribution < -0.4 is 10.6 Å². The molecule has 2 rings (SSSR count). The molecule has 0 aliphatic heterocycles. The predicted octanol–water partition coefficient (Wildman–Crippen LogP) is 3.31. The van der Waals surface area contributed by atoms with E-state index in [1.54, 1.807) is 6.92 Å². The highest BCUT2D eigenvalue weighted by atomic mass is 19.3. The second-order valence-corrected chi connectivity index (χ2v) is 4.84. The van der Waals surface area contributed by atoms with E-state index in [4.69, 9.17) is 0 Å². The first-order valence-corrected chi connectivity index (χ1v) is 6.68. The van der Waals surface area contributed by atoms with Crippen LogP contribution >= 0.6 is 0 Å². The highest BCUT2D eigenvalue weighted by Gasteiger charge is 2.13. The van der Waals surface area contributed by atoms with Crippen LogP contribution in [0.25, 0.3) is 0 Å². The lowest BCUT2D eigenvalue weighted by molar-refractivity contribution is 0.122. The van der Waals surface area contributed by atoms with Crippen molar-refractivity contribution in [2.24, 2.45) is 0 Å². The Kier molecular flexibility index (Phi) is 5.20. The Morgan fingerprint density at radius 3 is 2.70 bits per heavy atom. The van der Waals surface area contributed by atoms with Gasteiger partial charge in [0.1, 0.15) is 6.54 Å². The van der Waals surface area contributed by atoms with E-state index >= 15 is 0 Å². The van der Waals surface area contributed by atoms with E-state index in [2.05, 4.69) is 15.7 Å². The van der Waals surface area contributed by atoms with Gasteiger partial charge in [-0.3, -0.25) is 4.68 Å². The van der Waals surface area contributed by atoms with Crippen LogP contribution in [0.3, 0.4) is 0 Å². The third-order valence-corrected chi connectivity index (χ3v) is 3.01. The zero-order valence-corrected chi connectivity index (χ0v) is 12.1. The smallest absolute Gasteiger partial charge is 0.319 e. The fraction of sp³-hybridized carbons (Fsp3) is 0.286. The maximum atomic E-state index is 13.2. The molecule has 0 bridgehead atoms. The van der Waals surface area contributed by atoms with Gasteiger partial charge >= 0.3 is 6.03 Å². The molecule has 1 aromatic heterocycles. The maximum absolute atomic E-state index is 13.2. The molecule has 0 saturated carbocycles. The molecule has 0 saturated heterocycles. The summed E-state index contributed by atoms with van der Waals surface area (Å²) in [6.07, 6.45) is -0.0667. The van der Waals surface area contributed by atoms with Crippen molar-refractivity contribution in [2.75, 3.05) is 5.32 Å². The van der Waals surface area contributed by atoms with Gasteiger partial charge in [0.25, 0.3) is 6.43 Å². The molecular weight excluding hydrogens is 316 g/mol. The van der Waals surface area contributed by atoms with Crippen LogP contribution in [0.4, 0.5) is 28.0 Å². The summed E-state index contributed by atoms with van der Waals surface area (Å²) in [6, 6.07) is 2.10. The predicted molar refractivity (Wildman–Crippen MR) is 75.2 cm³/mol. The number of benzene rings is 1. The summed E-state index contributed by atoms with van der Waals surface area (Å²) >= 11 is 0. The molecule has 124 valence electrons. The van der Waals surface area contributed by atoms with Crippen molar-refractivity contribution in [1.29, 1.82) is 0 Å². The zero-order chi connectivity index (χ0) is 17.0. The molecule has 2 amide bonds. The van der Waals surface area contributed by atoms with Gasteiger partial charge in [-0.2, -0.15) is 5.10 Å². The molecule has 9 heteroatoms. The first-order chi connectivity index (χ1) is 10.8. The van der Waals surface area contributed by atoms with Gasteiger partial charge in [-0.25, -0.2) is 22.4 Å². The summed E-state index contributed by atoms with van der Waals surface area (Å²) in [7, 11) is 0. The summed E-state index contributed by atoms with van der Waals surface area (Å²) < 4.78 is 51.4. The quantitative estimate of drug-likeness (QED) is 0.827. The van der Waals surface area contributed by atoms with Crippen LogP contribution in [0, 0.1) is 11.6 Å². The molecule has 0 unspecified atom stereocenters. The van der Waals surface area contributed by atoms with E-state index in [0.717, 1.165) is 16.8 Å². The number of carbonyl (C=O) groups excluding carboxylic acids is 1. The number of halogens is 4. The number of hydrogen-bond acceptors (Lipinski definition) is 2. The zero-order valence-electron chi connectivity index (χ0n) is 12.1. The number of aromatic nitrogens is 2. The SMILES string of the molecule is C[C@H](NC(=O)Nc1cnn(CC(F)F)c1)c1ccc(F)c(F)c1. The summed E-state index contributed by atoms with van der Waals surface area (Å²) in [6.45, 7) is 1.01. The Bertz CT molecular complexity index is 689. The standard InChI is InChI=1S/C14H14F4N4O/c1-8(9-2-3-11(15)12(16)4-9)20-14(23)21-10-5-19-22(6-10)7-13(17)18/h2-6,8,13H,7H2,1H3,(H2,20,21,23)/t8-/m0/s1. The summed E-state index contributed by atoms with van der Waals surface area (Å²) in [5, 5.41) is 8.60. The van der Waals surface area contributed by atoms with Crippen LogP contribution in [0.5, 0.6) is 0 Å². The van der Waals surface area contributed by atoms with E-state index in [-0.39, 0.29) is 5.69 Å². The lowest BCUT2D eigenvalue weighted by Gasteiger charge is -2.14. The van der Waals surface area contributed by atoms with Crippen LogP contribution in [0.1, 0.15) is 18.5 Å². The lowest BCUT2D eigenvalue weighted by Crippen LogP contribution is -2.31. The second kappa shape index (κ2) is 7.12. The van der Waals surface area contributed by atoms with Gasteiger partial charge in [0.2, 0.25) is 0 Å². The summed E-state index contributed by atoms with van der Waals surface area (Å²) in [5.41, 5.74) is 0.619. The first kappa shape index (κ1) is 16.8. The molecule has 2 aromatic rings. The third-order valence-electron chi connectivity index (χ3n) is 3.01. The minimum atomic E-state index is -2.55. The Balaban J connectivity index is 1.93. The number of rotatable bonds is 5. The van der Waals surface area contributed by atoms with E-state index in [1.807, 2.05) is 0 Å². The van der Waals surface area contributed by atoms with Crippen molar-refractivity contribution in [3.63, 3.8) is 0 Å². The van der Waals surface area contributed by atoms with Crippen molar-refractivity contribution in [3.8, 4) is 0 Å². The Hall–Kier alpha value is -2.58. The number of anilines is 1. The molecule has 1 aromatic carbocycles. The molecule has 1 heterocycles. The molecular formula is C14H14F4N4O. The highest BCUT2D eigenvalue weighted by molar-refractivity contribution is 5.89. The van der Waals surface area contributed by atoms with Crippen LogP contribution in [-0.2, 0) is 6.54 Å². The number of nitrogens with one attached hydrogen (secondary N) is 2. The van der Waals surface area contributed by atoms with Crippen molar-refractivity contribution in [2.45, 2.75) is 25.9 Å². The lowest BCUT2D eigenvalue weighted by atomic mass is 10.1. The molecule has 2 N–H and O–H groups in total. The Morgan fingerprint density at radius 1 is 1.30 bits per heavy atom. The number of alkyl halides is 2. The number of amides is 2. The van der Waals surface area contributed by atoms with E-state index < -0.39 is 36.7 Å². The third kappa shape index (κ3) is 4.70. The van der Waals surface area contributed by atoms with E-state index in [1.165, 1.54) is 18.5 Å². The highest BCUT2D eigenvalue weighted by Crippen LogP contribution is 2.16. The molecule has 0 spiro atoms. The average molecular weight is 330 g/mol. The number of hydrogen-bond donors (Lipinski definition) is 2. The van der Waals surface area contributed by atoms with Crippen molar-refractivity contribution in [3.05, 3.63) is 47.8 Å². The van der Waals surface area contributed by atoms with Crippen molar-refractivity contribution in [1.82, 2.24) is 15.1 Å². The van der Waals surface area contributed by atoms with Crippen molar-refractivity contribution >= 4 is 11.7 Å². The van der Waals surface area contributed by atoms with Crippen LogP contribution in [0.15, 0.2) is 30.6 Å². The van der Waals surface area contributed by atoms with E-state index in [0.29, 0.717) is 5.56 Å². The van der Waals surface area contributed by atoms with Gasteiger partial charge in [-0.1, -0.05) is 6.07 Å². The topological polar surface area (TPSA) is 59.0 Å². The summed E-state index contributed by atoms with van der Waals surface area (Å²) in [4.78, 5) is 11.8. The monoisotopic (exact) mass is 330 g/mol. The Labute approximate surface area is 129 Å².